The highest BCUT2D eigenvalue weighted by Crippen LogP contribution is 2.10. The van der Waals surface area contributed by atoms with E-state index in [1.54, 1.807) is 0 Å². The molecule has 1 amide bonds. The Kier molecular flexibility index (Phi) is 7.43. The van der Waals surface area contributed by atoms with Crippen molar-refractivity contribution in [3.05, 3.63) is 0 Å². The van der Waals surface area contributed by atoms with Crippen LogP contribution in [0.1, 0.15) is 25.7 Å². The number of hydrogen-bond donors (Lipinski definition) is 1. The van der Waals surface area contributed by atoms with Crippen molar-refractivity contribution < 1.29 is 19.1 Å². The van der Waals surface area contributed by atoms with E-state index in [1.165, 1.54) is 7.11 Å². The predicted molar refractivity (Wildman–Crippen MR) is 70.7 cm³/mol. The van der Waals surface area contributed by atoms with Crippen LogP contribution in [0.15, 0.2) is 0 Å². The van der Waals surface area contributed by atoms with E-state index < -0.39 is 0 Å². The van der Waals surface area contributed by atoms with Crippen molar-refractivity contribution in [2.45, 2.75) is 31.8 Å². The van der Waals surface area contributed by atoms with Crippen LogP contribution in [0.4, 0.5) is 0 Å². The molecule has 1 atom stereocenters. The van der Waals surface area contributed by atoms with Gasteiger partial charge in [0.25, 0.3) is 0 Å². The molecule has 0 aliphatic carbocycles. The number of nitrogens with zero attached hydrogens (tertiary/aromatic N) is 1. The Morgan fingerprint density at radius 2 is 2.26 bits per heavy atom. The highest BCUT2D eigenvalue weighted by Gasteiger charge is 2.16. The summed E-state index contributed by atoms with van der Waals surface area (Å²) in [5, 5.41) is 2.87. The number of hydrogen-bond acceptors (Lipinski definition) is 5. The minimum absolute atomic E-state index is 0.00364. The average Bonchev–Trinajstić information content (AvgIpc) is 2.89. The van der Waals surface area contributed by atoms with E-state index >= 15 is 0 Å². The van der Waals surface area contributed by atoms with Gasteiger partial charge in [0.15, 0.2) is 0 Å². The molecule has 1 heterocycles. The van der Waals surface area contributed by atoms with E-state index in [2.05, 4.69) is 10.1 Å². The Bertz CT molecular complexity index is 290. The number of nitrogens with one attached hydrogen (secondary N) is 1. The van der Waals surface area contributed by atoms with E-state index in [0.29, 0.717) is 32.5 Å². The molecule has 1 saturated heterocycles. The third-order valence-corrected chi connectivity index (χ3v) is 3.11. The summed E-state index contributed by atoms with van der Waals surface area (Å²) in [5.41, 5.74) is 0. The standard InChI is InChI=1S/C13H24N2O4/c1-15(7-3-6-13(17)18-2)10-12(16)14-9-11-5-4-8-19-11/h11H,3-10H2,1-2H3,(H,14,16). The van der Waals surface area contributed by atoms with Gasteiger partial charge in [-0.15, -0.1) is 0 Å². The molecule has 1 fully saturated rings. The lowest BCUT2D eigenvalue weighted by Crippen LogP contribution is -2.39. The van der Waals surface area contributed by atoms with E-state index in [-0.39, 0.29) is 18.0 Å². The highest BCUT2D eigenvalue weighted by molar-refractivity contribution is 5.78. The van der Waals surface area contributed by atoms with Crippen molar-refractivity contribution in [1.29, 1.82) is 0 Å². The molecule has 1 aliphatic heterocycles. The van der Waals surface area contributed by atoms with Crippen LogP contribution in [0.5, 0.6) is 0 Å². The summed E-state index contributed by atoms with van der Waals surface area (Å²) in [6.45, 7) is 2.43. The van der Waals surface area contributed by atoms with E-state index in [1.807, 2.05) is 11.9 Å². The summed E-state index contributed by atoms with van der Waals surface area (Å²) in [7, 11) is 3.24. The lowest BCUT2D eigenvalue weighted by molar-refractivity contribution is -0.140. The SMILES string of the molecule is COC(=O)CCCN(C)CC(=O)NCC1CCCO1. The monoisotopic (exact) mass is 272 g/mol. The van der Waals surface area contributed by atoms with Crippen LogP contribution in [-0.2, 0) is 19.1 Å². The Balaban J connectivity index is 2.04. The van der Waals surface area contributed by atoms with Gasteiger partial charge in [-0.3, -0.25) is 14.5 Å². The molecule has 19 heavy (non-hydrogen) atoms. The minimum atomic E-state index is -0.212. The van der Waals surface area contributed by atoms with Gasteiger partial charge in [0.2, 0.25) is 5.91 Å². The van der Waals surface area contributed by atoms with Crippen molar-refractivity contribution in [1.82, 2.24) is 10.2 Å². The van der Waals surface area contributed by atoms with Gasteiger partial charge < -0.3 is 14.8 Å². The largest absolute Gasteiger partial charge is 0.469 e. The van der Waals surface area contributed by atoms with Gasteiger partial charge in [-0.2, -0.15) is 0 Å². The van der Waals surface area contributed by atoms with Crippen molar-refractivity contribution in [3.63, 3.8) is 0 Å². The molecule has 6 heteroatoms. The minimum Gasteiger partial charge on any atom is -0.469 e. The molecule has 0 aromatic rings. The molecular weight excluding hydrogens is 248 g/mol. The van der Waals surface area contributed by atoms with Crippen molar-refractivity contribution >= 4 is 11.9 Å². The second kappa shape index (κ2) is 8.87. The molecule has 0 aromatic heterocycles. The van der Waals surface area contributed by atoms with Crippen LogP contribution in [0, 0.1) is 0 Å². The van der Waals surface area contributed by atoms with Crippen molar-refractivity contribution in [2.75, 3.05) is 40.4 Å². The number of carbonyl (C=O) groups is 2. The summed E-state index contributed by atoms with van der Waals surface area (Å²) in [4.78, 5) is 24.5. The van der Waals surface area contributed by atoms with Gasteiger partial charge in [-0.05, 0) is 32.9 Å². The molecule has 0 bridgehead atoms. The maximum absolute atomic E-state index is 11.7. The number of rotatable bonds is 8. The number of amides is 1. The van der Waals surface area contributed by atoms with Gasteiger partial charge in [0.05, 0.1) is 19.8 Å². The molecule has 0 radical (unpaired) electrons. The average molecular weight is 272 g/mol. The third-order valence-electron chi connectivity index (χ3n) is 3.11. The fourth-order valence-electron chi connectivity index (χ4n) is 2.01. The summed E-state index contributed by atoms with van der Waals surface area (Å²) in [6, 6.07) is 0. The van der Waals surface area contributed by atoms with Crippen LogP contribution < -0.4 is 5.32 Å². The van der Waals surface area contributed by atoms with Gasteiger partial charge in [-0.25, -0.2) is 0 Å². The van der Waals surface area contributed by atoms with E-state index in [0.717, 1.165) is 19.4 Å². The van der Waals surface area contributed by atoms with E-state index in [4.69, 9.17) is 4.74 Å². The van der Waals surface area contributed by atoms with Gasteiger partial charge in [0.1, 0.15) is 0 Å². The Hall–Kier alpha value is -1.14. The Labute approximate surface area is 114 Å². The fraction of sp³-hybridized carbons (Fsp3) is 0.846. The quantitative estimate of drug-likeness (QED) is 0.638. The second-order valence-electron chi connectivity index (χ2n) is 4.86. The second-order valence-corrected chi connectivity index (χ2v) is 4.86. The summed E-state index contributed by atoms with van der Waals surface area (Å²) in [5.74, 6) is -0.215. The van der Waals surface area contributed by atoms with Gasteiger partial charge >= 0.3 is 5.97 Å². The van der Waals surface area contributed by atoms with Gasteiger partial charge in [-0.1, -0.05) is 0 Å². The van der Waals surface area contributed by atoms with Crippen LogP contribution in [0.25, 0.3) is 0 Å². The van der Waals surface area contributed by atoms with Crippen LogP contribution in [-0.4, -0.2) is 63.3 Å². The zero-order chi connectivity index (χ0) is 14.1. The first-order chi connectivity index (χ1) is 9.11. The summed E-state index contributed by atoms with van der Waals surface area (Å²) in [6.07, 6.45) is 3.36. The Morgan fingerprint density at radius 3 is 2.89 bits per heavy atom. The highest BCUT2D eigenvalue weighted by atomic mass is 16.5. The number of ether oxygens (including phenoxy) is 2. The zero-order valence-corrected chi connectivity index (χ0v) is 11.8. The molecule has 0 saturated carbocycles. The smallest absolute Gasteiger partial charge is 0.305 e. The molecule has 1 rings (SSSR count). The van der Waals surface area contributed by atoms with Crippen molar-refractivity contribution in [2.24, 2.45) is 0 Å². The lowest BCUT2D eigenvalue weighted by atomic mass is 10.2. The van der Waals surface area contributed by atoms with Crippen LogP contribution in [0.3, 0.4) is 0 Å². The molecule has 0 spiro atoms. The lowest BCUT2D eigenvalue weighted by Gasteiger charge is -2.17. The molecule has 1 unspecified atom stereocenters. The van der Waals surface area contributed by atoms with Crippen LogP contribution >= 0.6 is 0 Å². The number of methoxy groups -OCH3 is 1. The number of likely N-dealkylation sites (N-methyl/N-ethyl adjacent to an activating group) is 1. The molecular formula is C13H24N2O4. The zero-order valence-electron chi connectivity index (χ0n) is 11.8. The summed E-state index contributed by atoms with van der Waals surface area (Å²) >= 11 is 0. The molecule has 0 aromatic carbocycles. The molecule has 1 aliphatic rings. The Morgan fingerprint density at radius 1 is 1.47 bits per heavy atom. The van der Waals surface area contributed by atoms with E-state index in [9.17, 15) is 9.59 Å². The van der Waals surface area contributed by atoms with Crippen LogP contribution in [0.2, 0.25) is 0 Å². The maximum atomic E-state index is 11.7. The predicted octanol–water partition coefficient (Wildman–Crippen LogP) is 0.167. The van der Waals surface area contributed by atoms with Gasteiger partial charge in [0, 0.05) is 19.6 Å². The molecule has 1 N–H and O–H groups in total. The first-order valence-electron chi connectivity index (χ1n) is 6.75. The normalized spacial score (nSPS) is 18.6. The fourth-order valence-corrected chi connectivity index (χ4v) is 2.01. The topological polar surface area (TPSA) is 67.9 Å². The summed E-state index contributed by atoms with van der Waals surface area (Å²) < 4.78 is 9.99. The van der Waals surface area contributed by atoms with Crippen molar-refractivity contribution in [3.8, 4) is 0 Å². The maximum Gasteiger partial charge on any atom is 0.305 e. The molecule has 110 valence electrons. The molecule has 6 nitrogen and oxygen atoms in total. The first-order valence-corrected chi connectivity index (χ1v) is 6.75. The number of esters is 1. The first kappa shape index (κ1) is 15.9. The third kappa shape index (κ3) is 7.12. The number of carbonyl (C=O) groups excluding carboxylic acids is 2.